The third-order valence-electron chi connectivity index (χ3n) is 3.78. The van der Waals surface area contributed by atoms with Crippen LogP contribution in [0.2, 0.25) is 0 Å². The number of benzene rings is 1. The van der Waals surface area contributed by atoms with Crippen LogP contribution in [0.1, 0.15) is 18.4 Å². The standard InChI is InChI=1S/C15H20N2O2S2/c1-2-21(18,19)15-12-20-9-8-17(15)11-14(10-16)13-6-4-3-5-7-13/h3-7,14-15H,2,8-9,11-12H2,1H3. The predicted octanol–water partition coefficient (Wildman–Crippen LogP) is 2.10. The highest BCUT2D eigenvalue weighted by atomic mass is 32.2. The summed E-state index contributed by atoms with van der Waals surface area (Å²) in [5, 5.41) is 8.97. The third kappa shape index (κ3) is 4.00. The highest BCUT2D eigenvalue weighted by Gasteiger charge is 2.34. The van der Waals surface area contributed by atoms with Crippen molar-refractivity contribution in [1.29, 1.82) is 5.26 Å². The molecule has 0 radical (unpaired) electrons. The van der Waals surface area contributed by atoms with Crippen LogP contribution < -0.4 is 0 Å². The molecule has 1 aliphatic rings. The first kappa shape index (κ1) is 16.3. The minimum Gasteiger partial charge on any atom is -0.284 e. The monoisotopic (exact) mass is 324 g/mol. The van der Waals surface area contributed by atoms with Gasteiger partial charge in [0.15, 0.2) is 9.84 Å². The van der Waals surface area contributed by atoms with Gasteiger partial charge in [0.1, 0.15) is 5.37 Å². The quantitative estimate of drug-likeness (QED) is 0.830. The van der Waals surface area contributed by atoms with Crippen LogP contribution in [0.5, 0.6) is 0 Å². The fraction of sp³-hybridized carbons (Fsp3) is 0.533. The van der Waals surface area contributed by atoms with E-state index in [0.717, 1.165) is 17.9 Å². The van der Waals surface area contributed by atoms with Crippen LogP contribution in [-0.4, -0.2) is 49.0 Å². The Hall–Kier alpha value is -1.03. The lowest BCUT2D eigenvalue weighted by molar-refractivity contribution is 0.265. The van der Waals surface area contributed by atoms with Gasteiger partial charge in [0.25, 0.3) is 0 Å². The van der Waals surface area contributed by atoms with Crippen molar-refractivity contribution in [2.45, 2.75) is 18.2 Å². The number of thioether (sulfide) groups is 1. The molecule has 1 fully saturated rings. The van der Waals surface area contributed by atoms with Gasteiger partial charge in [-0.25, -0.2) is 8.42 Å². The molecule has 4 nitrogen and oxygen atoms in total. The van der Waals surface area contributed by atoms with Crippen LogP contribution in [0, 0.1) is 11.3 Å². The van der Waals surface area contributed by atoms with Crippen molar-refractivity contribution in [2.75, 3.05) is 30.3 Å². The number of hydrogen-bond donors (Lipinski definition) is 0. The minimum atomic E-state index is -3.11. The Morgan fingerprint density at radius 2 is 2.14 bits per heavy atom. The Bertz CT molecular complexity index is 596. The summed E-state index contributed by atoms with van der Waals surface area (Å²) in [7, 11) is -3.11. The topological polar surface area (TPSA) is 61.2 Å². The fourth-order valence-corrected chi connectivity index (χ4v) is 5.58. The maximum Gasteiger partial charge on any atom is 0.166 e. The van der Waals surface area contributed by atoms with E-state index in [1.54, 1.807) is 18.7 Å². The first-order valence-electron chi connectivity index (χ1n) is 7.06. The van der Waals surface area contributed by atoms with Crippen LogP contribution in [0.15, 0.2) is 30.3 Å². The van der Waals surface area contributed by atoms with Crippen molar-refractivity contribution in [3.63, 3.8) is 0 Å². The molecule has 1 aliphatic heterocycles. The zero-order valence-corrected chi connectivity index (χ0v) is 13.7. The summed E-state index contributed by atoms with van der Waals surface area (Å²) in [6, 6.07) is 11.9. The maximum atomic E-state index is 12.2. The van der Waals surface area contributed by atoms with Gasteiger partial charge >= 0.3 is 0 Å². The molecule has 6 heteroatoms. The van der Waals surface area contributed by atoms with Gasteiger partial charge in [-0.15, -0.1) is 0 Å². The van der Waals surface area contributed by atoms with Crippen LogP contribution >= 0.6 is 11.8 Å². The summed E-state index contributed by atoms with van der Waals surface area (Å²) in [5.74, 6) is 1.38. The Balaban J connectivity index is 2.17. The molecule has 0 aliphatic carbocycles. The first-order valence-corrected chi connectivity index (χ1v) is 9.93. The zero-order valence-electron chi connectivity index (χ0n) is 12.1. The molecule has 0 bridgehead atoms. The lowest BCUT2D eigenvalue weighted by Gasteiger charge is -2.35. The van der Waals surface area contributed by atoms with E-state index in [1.165, 1.54) is 0 Å². The number of hydrogen-bond acceptors (Lipinski definition) is 5. The Kier molecular flexibility index (Phi) is 5.68. The number of sulfone groups is 1. The van der Waals surface area contributed by atoms with Crippen molar-refractivity contribution in [1.82, 2.24) is 4.90 Å². The number of nitriles is 1. The highest BCUT2D eigenvalue weighted by molar-refractivity contribution is 8.01. The average molecular weight is 324 g/mol. The molecular formula is C15H20N2O2S2. The molecule has 21 heavy (non-hydrogen) atoms. The van der Waals surface area contributed by atoms with E-state index in [0.29, 0.717) is 12.3 Å². The molecule has 0 aromatic heterocycles. The average Bonchev–Trinajstić information content (AvgIpc) is 2.53. The molecule has 2 rings (SSSR count). The summed E-state index contributed by atoms with van der Waals surface area (Å²) in [4.78, 5) is 1.97. The van der Waals surface area contributed by atoms with E-state index in [4.69, 9.17) is 0 Å². The largest absolute Gasteiger partial charge is 0.284 e. The van der Waals surface area contributed by atoms with Crippen molar-refractivity contribution < 1.29 is 8.42 Å². The molecule has 1 aromatic rings. The Morgan fingerprint density at radius 1 is 1.43 bits per heavy atom. The van der Waals surface area contributed by atoms with Crippen LogP contribution in [-0.2, 0) is 9.84 Å². The minimum absolute atomic E-state index is 0.150. The van der Waals surface area contributed by atoms with E-state index < -0.39 is 15.2 Å². The molecule has 0 saturated carbocycles. The molecule has 2 atom stereocenters. The van der Waals surface area contributed by atoms with Gasteiger partial charge in [-0.3, -0.25) is 4.90 Å². The second-order valence-corrected chi connectivity index (χ2v) is 8.67. The number of rotatable bonds is 5. The van der Waals surface area contributed by atoms with Crippen LogP contribution in [0.4, 0.5) is 0 Å². The second kappa shape index (κ2) is 7.30. The summed E-state index contributed by atoms with van der Waals surface area (Å²) in [6.07, 6.45) is 0. The summed E-state index contributed by atoms with van der Waals surface area (Å²) in [5.41, 5.74) is 0.950. The molecule has 0 spiro atoms. The lowest BCUT2D eigenvalue weighted by Crippen LogP contribution is -2.49. The first-order chi connectivity index (χ1) is 10.1. The van der Waals surface area contributed by atoms with Crippen molar-refractivity contribution in [3.8, 4) is 6.07 Å². The lowest BCUT2D eigenvalue weighted by atomic mass is 10.0. The van der Waals surface area contributed by atoms with Gasteiger partial charge in [0, 0.05) is 30.3 Å². The molecule has 1 heterocycles. The second-order valence-electron chi connectivity index (χ2n) is 5.07. The van der Waals surface area contributed by atoms with Crippen LogP contribution in [0.3, 0.4) is 0 Å². The SMILES string of the molecule is CCS(=O)(=O)C1CSCCN1CC(C#N)c1ccccc1. The summed E-state index contributed by atoms with van der Waals surface area (Å²) < 4.78 is 24.5. The Labute approximate surface area is 131 Å². The van der Waals surface area contributed by atoms with Gasteiger partial charge in [0.05, 0.1) is 12.0 Å². The highest BCUT2D eigenvalue weighted by Crippen LogP contribution is 2.25. The van der Waals surface area contributed by atoms with Gasteiger partial charge in [-0.05, 0) is 5.56 Å². The zero-order chi connectivity index (χ0) is 15.3. The van der Waals surface area contributed by atoms with E-state index >= 15 is 0 Å². The van der Waals surface area contributed by atoms with Crippen molar-refractivity contribution in [3.05, 3.63) is 35.9 Å². The Morgan fingerprint density at radius 3 is 2.76 bits per heavy atom. The van der Waals surface area contributed by atoms with E-state index in [2.05, 4.69) is 6.07 Å². The van der Waals surface area contributed by atoms with Gasteiger partial charge < -0.3 is 0 Å². The fourth-order valence-electron chi connectivity index (χ4n) is 2.49. The molecule has 114 valence electrons. The maximum absolute atomic E-state index is 12.2. The normalized spacial score (nSPS) is 21.6. The molecule has 0 amide bonds. The molecule has 0 N–H and O–H groups in total. The summed E-state index contributed by atoms with van der Waals surface area (Å²) >= 11 is 1.68. The van der Waals surface area contributed by atoms with E-state index in [1.807, 2.05) is 35.2 Å². The van der Waals surface area contributed by atoms with Crippen LogP contribution in [0.25, 0.3) is 0 Å². The molecule has 2 unspecified atom stereocenters. The van der Waals surface area contributed by atoms with Gasteiger partial charge in [0.2, 0.25) is 0 Å². The molecule has 1 aromatic carbocycles. The smallest absolute Gasteiger partial charge is 0.166 e. The predicted molar refractivity (Wildman–Crippen MR) is 86.9 cm³/mol. The van der Waals surface area contributed by atoms with Crippen molar-refractivity contribution >= 4 is 21.6 Å². The summed E-state index contributed by atoms with van der Waals surface area (Å²) in [6.45, 7) is 2.89. The molecular weight excluding hydrogens is 304 g/mol. The molecule has 1 saturated heterocycles. The third-order valence-corrected chi connectivity index (χ3v) is 7.11. The van der Waals surface area contributed by atoms with Crippen molar-refractivity contribution in [2.24, 2.45) is 0 Å². The van der Waals surface area contributed by atoms with Gasteiger partial charge in [-0.1, -0.05) is 37.3 Å². The number of nitrogens with zero attached hydrogens (tertiary/aromatic N) is 2. The van der Waals surface area contributed by atoms with E-state index in [-0.39, 0.29) is 11.7 Å². The van der Waals surface area contributed by atoms with E-state index in [9.17, 15) is 13.7 Å². The van der Waals surface area contributed by atoms with Gasteiger partial charge in [-0.2, -0.15) is 17.0 Å².